The van der Waals surface area contributed by atoms with E-state index < -0.39 is 0 Å². The van der Waals surface area contributed by atoms with E-state index in [2.05, 4.69) is 19.1 Å². The highest BCUT2D eigenvalue weighted by atomic mass is 16.5. The molecule has 0 spiro atoms. The minimum absolute atomic E-state index is 0.845. The zero-order chi connectivity index (χ0) is 13.9. The molecule has 2 aromatic carbocycles. The number of pyridine rings is 1. The van der Waals surface area contributed by atoms with Crippen molar-refractivity contribution in [3.63, 3.8) is 0 Å². The van der Waals surface area contributed by atoms with Crippen LogP contribution >= 0.6 is 0 Å². The van der Waals surface area contributed by atoms with Crippen LogP contribution in [0.2, 0.25) is 0 Å². The maximum Gasteiger partial charge on any atom is 0.0751 e. The van der Waals surface area contributed by atoms with Gasteiger partial charge in [-0.1, -0.05) is 18.2 Å². The molecule has 0 aliphatic carbocycles. The van der Waals surface area contributed by atoms with Crippen molar-refractivity contribution < 1.29 is 5.21 Å². The second-order valence-electron chi connectivity index (χ2n) is 5.23. The summed E-state index contributed by atoms with van der Waals surface area (Å²) in [5.41, 5.74) is 4.08. The maximum absolute atomic E-state index is 9.85. The number of nitrogens with zero attached hydrogens (tertiary/aromatic N) is 2. The topological polar surface area (TPSA) is 38.0 Å². The molecule has 2 heterocycles. The summed E-state index contributed by atoms with van der Waals surface area (Å²) in [5, 5.41) is 14.4. The van der Waals surface area contributed by atoms with E-state index in [1.165, 1.54) is 10.1 Å². The van der Waals surface area contributed by atoms with E-state index in [0.717, 1.165) is 38.4 Å². The fourth-order valence-electron chi connectivity index (χ4n) is 2.99. The number of benzene rings is 2. The molecule has 0 unspecified atom stereocenters. The SMILES string of the molecule is Cc1c2ccn(O)c(C)c2cc2c1nc1ccccc12. The minimum Gasteiger partial charge on any atom is -0.429 e. The molecule has 0 radical (unpaired) electrons. The van der Waals surface area contributed by atoms with Crippen LogP contribution in [0.25, 0.3) is 32.6 Å². The lowest BCUT2D eigenvalue weighted by Crippen LogP contribution is -1.98. The fraction of sp³-hybridized carbons (Fsp3) is 0.118. The van der Waals surface area contributed by atoms with Gasteiger partial charge in [-0.05, 0) is 43.0 Å². The standard InChI is InChI=1S/C17H14N2O/c1-10-12-7-8-19(20)11(2)14(12)9-15-13-5-3-4-6-16(13)18-17(10)15/h3-9,20H,1-2H3. The van der Waals surface area contributed by atoms with Gasteiger partial charge in [-0.15, -0.1) is 0 Å². The molecular formula is C17H14N2O. The third-order valence-electron chi connectivity index (χ3n) is 4.14. The zero-order valence-corrected chi connectivity index (χ0v) is 11.4. The summed E-state index contributed by atoms with van der Waals surface area (Å²) in [7, 11) is 0. The van der Waals surface area contributed by atoms with E-state index in [-0.39, 0.29) is 0 Å². The van der Waals surface area contributed by atoms with E-state index in [0.29, 0.717) is 0 Å². The lowest BCUT2D eigenvalue weighted by molar-refractivity contribution is 0.179. The molecule has 98 valence electrons. The Hall–Kier alpha value is -2.55. The van der Waals surface area contributed by atoms with Gasteiger partial charge in [0, 0.05) is 22.4 Å². The van der Waals surface area contributed by atoms with Crippen LogP contribution in [0.1, 0.15) is 11.3 Å². The van der Waals surface area contributed by atoms with Crippen molar-refractivity contribution in [2.24, 2.45) is 0 Å². The van der Waals surface area contributed by atoms with Gasteiger partial charge in [-0.25, -0.2) is 4.98 Å². The summed E-state index contributed by atoms with van der Waals surface area (Å²) in [6.07, 6.45) is 1.68. The molecule has 3 nitrogen and oxygen atoms in total. The first-order valence-corrected chi connectivity index (χ1v) is 6.66. The van der Waals surface area contributed by atoms with Gasteiger partial charge in [0.2, 0.25) is 0 Å². The molecule has 0 aliphatic heterocycles. The first kappa shape index (κ1) is 11.3. The van der Waals surface area contributed by atoms with Crippen LogP contribution in [0.15, 0.2) is 42.6 Å². The number of aromatic nitrogens is 2. The second kappa shape index (κ2) is 3.73. The van der Waals surface area contributed by atoms with Crippen molar-refractivity contribution in [2.45, 2.75) is 13.8 Å². The smallest absolute Gasteiger partial charge is 0.0751 e. The summed E-state index contributed by atoms with van der Waals surface area (Å²) >= 11 is 0. The minimum atomic E-state index is 0.845. The Morgan fingerprint density at radius 2 is 1.75 bits per heavy atom. The number of hydrogen-bond acceptors (Lipinski definition) is 2. The highest BCUT2D eigenvalue weighted by Crippen LogP contribution is 2.33. The summed E-state index contributed by atoms with van der Waals surface area (Å²) < 4.78 is 1.17. The van der Waals surface area contributed by atoms with E-state index in [1.807, 2.05) is 31.2 Å². The van der Waals surface area contributed by atoms with Gasteiger partial charge in [0.05, 0.1) is 16.7 Å². The second-order valence-corrected chi connectivity index (χ2v) is 5.23. The van der Waals surface area contributed by atoms with Crippen LogP contribution in [0, 0.1) is 13.8 Å². The predicted molar refractivity (Wildman–Crippen MR) is 81.4 cm³/mol. The normalized spacial score (nSPS) is 11.7. The van der Waals surface area contributed by atoms with E-state index in [4.69, 9.17) is 4.98 Å². The number of rotatable bonds is 0. The van der Waals surface area contributed by atoms with Crippen LogP contribution in [-0.4, -0.2) is 14.9 Å². The lowest BCUT2D eigenvalue weighted by atomic mass is 10.0. The Balaban J connectivity index is 2.32. The molecule has 0 saturated carbocycles. The zero-order valence-electron chi connectivity index (χ0n) is 11.4. The monoisotopic (exact) mass is 262 g/mol. The Labute approximate surface area is 116 Å². The average molecular weight is 262 g/mol. The quantitative estimate of drug-likeness (QED) is 0.482. The van der Waals surface area contributed by atoms with Crippen molar-refractivity contribution in [2.75, 3.05) is 0 Å². The van der Waals surface area contributed by atoms with Gasteiger partial charge in [-0.3, -0.25) is 0 Å². The average Bonchev–Trinajstić information content (AvgIpc) is 2.83. The molecule has 20 heavy (non-hydrogen) atoms. The van der Waals surface area contributed by atoms with Crippen LogP contribution in [0.3, 0.4) is 0 Å². The largest absolute Gasteiger partial charge is 0.429 e. The van der Waals surface area contributed by atoms with Crippen LogP contribution in [-0.2, 0) is 0 Å². The molecule has 0 amide bonds. The van der Waals surface area contributed by atoms with E-state index >= 15 is 0 Å². The lowest BCUT2D eigenvalue weighted by Gasteiger charge is -2.10. The van der Waals surface area contributed by atoms with E-state index in [9.17, 15) is 5.21 Å². The van der Waals surface area contributed by atoms with Gasteiger partial charge >= 0.3 is 0 Å². The molecule has 4 aromatic rings. The summed E-state index contributed by atoms with van der Waals surface area (Å²) in [5.74, 6) is 0. The molecular weight excluding hydrogens is 248 g/mol. The molecule has 4 rings (SSSR count). The van der Waals surface area contributed by atoms with Crippen LogP contribution in [0.4, 0.5) is 0 Å². The maximum atomic E-state index is 9.85. The van der Waals surface area contributed by atoms with Crippen molar-refractivity contribution in [3.8, 4) is 0 Å². The van der Waals surface area contributed by atoms with Gasteiger partial charge in [-0.2, -0.15) is 4.73 Å². The highest BCUT2D eigenvalue weighted by molar-refractivity contribution is 6.14. The summed E-state index contributed by atoms with van der Waals surface area (Å²) in [6, 6.07) is 12.3. The van der Waals surface area contributed by atoms with Crippen LogP contribution < -0.4 is 0 Å². The Kier molecular flexibility index (Phi) is 2.11. The Morgan fingerprint density at radius 3 is 2.60 bits per heavy atom. The number of hydrogen-bond donors (Lipinski definition) is 1. The predicted octanol–water partition coefficient (Wildman–Crippen LogP) is 4.20. The molecule has 1 N–H and O–H groups in total. The third-order valence-corrected chi connectivity index (χ3v) is 4.14. The molecule has 0 aliphatic rings. The molecule has 0 atom stereocenters. The first-order valence-electron chi connectivity index (χ1n) is 6.66. The fourth-order valence-corrected chi connectivity index (χ4v) is 2.99. The van der Waals surface area contributed by atoms with Crippen molar-refractivity contribution in [1.82, 2.24) is 9.71 Å². The molecule has 0 bridgehead atoms. The van der Waals surface area contributed by atoms with E-state index in [1.54, 1.807) is 6.20 Å². The van der Waals surface area contributed by atoms with Crippen LogP contribution in [0.5, 0.6) is 0 Å². The molecule has 0 saturated heterocycles. The van der Waals surface area contributed by atoms with Crippen molar-refractivity contribution in [3.05, 3.63) is 53.9 Å². The van der Waals surface area contributed by atoms with Gasteiger partial charge in [0.1, 0.15) is 0 Å². The Bertz CT molecular complexity index is 983. The third kappa shape index (κ3) is 1.32. The summed E-state index contributed by atoms with van der Waals surface area (Å²) in [6.45, 7) is 4.02. The summed E-state index contributed by atoms with van der Waals surface area (Å²) in [4.78, 5) is 4.75. The number of para-hydroxylation sites is 1. The van der Waals surface area contributed by atoms with Gasteiger partial charge in [0.15, 0.2) is 0 Å². The van der Waals surface area contributed by atoms with Gasteiger partial charge < -0.3 is 5.21 Å². The number of aryl methyl sites for hydroxylation is 2. The molecule has 0 fully saturated rings. The van der Waals surface area contributed by atoms with Gasteiger partial charge in [0.25, 0.3) is 0 Å². The highest BCUT2D eigenvalue weighted by Gasteiger charge is 2.12. The Morgan fingerprint density at radius 1 is 0.950 bits per heavy atom. The molecule has 2 aromatic heterocycles. The molecule has 3 heteroatoms. The first-order chi connectivity index (χ1) is 9.66. The van der Waals surface area contributed by atoms with Crippen molar-refractivity contribution >= 4 is 32.6 Å². The van der Waals surface area contributed by atoms with Crippen molar-refractivity contribution in [1.29, 1.82) is 0 Å². The number of fused-ring (bicyclic) bond motifs is 4.